The van der Waals surface area contributed by atoms with Gasteiger partial charge in [-0.1, -0.05) is 24.3 Å². The summed E-state index contributed by atoms with van der Waals surface area (Å²) in [5, 5.41) is 14.3. The van der Waals surface area contributed by atoms with Gasteiger partial charge in [-0.15, -0.1) is 0 Å². The van der Waals surface area contributed by atoms with Crippen LogP contribution in [0.4, 0.5) is 0 Å². The SMILES string of the molecule is O=C(NCCO)C(=Cc1ccc(C2CC2)cc1)NC(=O)c1ccc(OCCn2cccc2)cc1. The van der Waals surface area contributed by atoms with E-state index in [2.05, 4.69) is 22.8 Å². The summed E-state index contributed by atoms with van der Waals surface area (Å²) in [4.78, 5) is 25.4. The highest BCUT2D eigenvalue weighted by Gasteiger charge is 2.23. The molecule has 7 heteroatoms. The van der Waals surface area contributed by atoms with E-state index in [1.807, 2.05) is 41.2 Å². The second-order valence-corrected chi connectivity index (χ2v) is 8.23. The maximum Gasteiger partial charge on any atom is 0.267 e. The normalized spacial score (nSPS) is 13.4. The Labute approximate surface area is 199 Å². The Balaban J connectivity index is 1.40. The van der Waals surface area contributed by atoms with Crippen molar-refractivity contribution >= 4 is 17.9 Å². The molecule has 1 fully saturated rings. The summed E-state index contributed by atoms with van der Waals surface area (Å²) >= 11 is 0. The summed E-state index contributed by atoms with van der Waals surface area (Å²) in [7, 11) is 0. The largest absolute Gasteiger partial charge is 0.492 e. The maximum absolute atomic E-state index is 12.8. The van der Waals surface area contributed by atoms with Crippen molar-refractivity contribution in [2.75, 3.05) is 19.8 Å². The van der Waals surface area contributed by atoms with Gasteiger partial charge in [0, 0.05) is 24.5 Å². The predicted molar refractivity (Wildman–Crippen MR) is 130 cm³/mol. The van der Waals surface area contributed by atoms with Crippen molar-refractivity contribution in [2.45, 2.75) is 25.3 Å². The van der Waals surface area contributed by atoms with Crippen molar-refractivity contribution in [1.82, 2.24) is 15.2 Å². The number of carbonyl (C=O) groups excluding carboxylic acids is 2. The molecular weight excluding hydrogens is 430 g/mol. The molecule has 1 heterocycles. The van der Waals surface area contributed by atoms with Gasteiger partial charge in [-0.3, -0.25) is 9.59 Å². The van der Waals surface area contributed by atoms with Crippen LogP contribution in [0.25, 0.3) is 6.08 Å². The van der Waals surface area contributed by atoms with Crippen LogP contribution in [0.15, 0.2) is 78.8 Å². The molecule has 1 saturated carbocycles. The fourth-order valence-corrected chi connectivity index (χ4v) is 3.56. The van der Waals surface area contributed by atoms with Crippen LogP contribution in [0.1, 0.15) is 40.2 Å². The molecule has 0 saturated heterocycles. The number of hydrogen-bond acceptors (Lipinski definition) is 4. The number of nitrogens with zero attached hydrogens (tertiary/aromatic N) is 1. The Hall–Kier alpha value is -3.84. The Kier molecular flexibility index (Phi) is 7.78. The van der Waals surface area contributed by atoms with E-state index in [0.717, 1.165) is 12.1 Å². The lowest BCUT2D eigenvalue weighted by molar-refractivity contribution is -0.117. The first-order valence-corrected chi connectivity index (χ1v) is 11.5. The fourth-order valence-electron chi connectivity index (χ4n) is 3.56. The monoisotopic (exact) mass is 459 g/mol. The summed E-state index contributed by atoms with van der Waals surface area (Å²) in [6, 6.07) is 18.7. The van der Waals surface area contributed by atoms with Gasteiger partial charge < -0.3 is 25.0 Å². The fraction of sp³-hybridized carbons (Fsp3) is 0.259. The van der Waals surface area contributed by atoms with Gasteiger partial charge in [-0.2, -0.15) is 0 Å². The van der Waals surface area contributed by atoms with Crippen LogP contribution < -0.4 is 15.4 Å². The smallest absolute Gasteiger partial charge is 0.267 e. The van der Waals surface area contributed by atoms with Crippen molar-refractivity contribution in [2.24, 2.45) is 0 Å². The number of aliphatic hydroxyl groups is 1. The molecule has 1 aliphatic rings. The van der Waals surface area contributed by atoms with Gasteiger partial charge in [0.2, 0.25) is 0 Å². The number of aromatic nitrogens is 1. The van der Waals surface area contributed by atoms with E-state index in [0.29, 0.717) is 23.8 Å². The Morgan fingerprint density at radius 1 is 1.03 bits per heavy atom. The minimum atomic E-state index is -0.460. The molecule has 0 radical (unpaired) electrons. The van der Waals surface area contributed by atoms with Crippen molar-refractivity contribution in [3.05, 3.63) is 95.4 Å². The van der Waals surface area contributed by atoms with Crippen molar-refractivity contribution in [1.29, 1.82) is 0 Å². The van der Waals surface area contributed by atoms with Crippen LogP contribution >= 0.6 is 0 Å². The average Bonchev–Trinajstić information content (AvgIpc) is 3.58. The summed E-state index contributed by atoms with van der Waals surface area (Å²) in [6.45, 7) is 1.15. The molecule has 4 rings (SSSR count). The number of carbonyl (C=O) groups is 2. The summed E-state index contributed by atoms with van der Waals surface area (Å²) in [5.74, 6) is 0.444. The number of ether oxygens (including phenoxy) is 1. The highest BCUT2D eigenvalue weighted by Crippen LogP contribution is 2.39. The number of hydrogen-bond donors (Lipinski definition) is 3. The predicted octanol–water partition coefficient (Wildman–Crippen LogP) is 3.32. The number of aliphatic hydroxyl groups excluding tert-OH is 1. The third-order valence-electron chi connectivity index (χ3n) is 5.59. The summed E-state index contributed by atoms with van der Waals surface area (Å²) < 4.78 is 7.76. The van der Waals surface area contributed by atoms with Crippen molar-refractivity contribution in [3.63, 3.8) is 0 Å². The molecule has 1 aromatic heterocycles. The Morgan fingerprint density at radius 2 is 1.74 bits per heavy atom. The first kappa shape index (κ1) is 23.3. The lowest BCUT2D eigenvalue weighted by Crippen LogP contribution is -2.36. The Bertz CT molecular complexity index is 1120. The lowest BCUT2D eigenvalue weighted by atomic mass is 10.1. The zero-order valence-electron chi connectivity index (χ0n) is 18.9. The van der Waals surface area contributed by atoms with Gasteiger partial charge in [-0.05, 0) is 72.4 Å². The third kappa shape index (κ3) is 6.59. The number of nitrogens with one attached hydrogen (secondary N) is 2. The van der Waals surface area contributed by atoms with Crippen LogP contribution in [0.5, 0.6) is 5.75 Å². The van der Waals surface area contributed by atoms with E-state index in [4.69, 9.17) is 9.84 Å². The van der Waals surface area contributed by atoms with Crippen LogP contribution in [0.2, 0.25) is 0 Å². The van der Waals surface area contributed by atoms with Gasteiger partial charge in [0.05, 0.1) is 13.2 Å². The highest BCUT2D eigenvalue weighted by molar-refractivity contribution is 6.05. The first-order chi connectivity index (χ1) is 16.6. The molecule has 176 valence electrons. The van der Waals surface area contributed by atoms with Crippen LogP contribution in [0.3, 0.4) is 0 Å². The van der Waals surface area contributed by atoms with Crippen LogP contribution in [-0.2, 0) is 11.3 Å². The van der Waals surface area contributed by atoms with Crippen molar-refractivity contribution < 1.29 is 19.4 Å². The quantitative estimate of drug-likeness (QED) is 0.384. The number of rotatable bonds is 11. The second-order valence-electron chi connectivity index (χ2n) is 8.23. The topological polar surface area (TPSA) is 92.6 Å². The lowest BCUT2D eigenvalue weighted by Gasteiger charge is -2.12. The molecule has 7 nitrogen and oxygen atoms in total. The molecule has 3 aromatic rings. The van der Waals surface area contributed by atoms with E-state index in [1.54, 1.807) is 30.3 Å². The molecule has 3 N–H and O–H groups in total. The minimum Gasteiger partial charge on any atom is -0.492 e. The zero-order valence-corrected chi connectivity index (χ0v) is 18.9. The molecule has 0 spiro atoms. The van der Waals surface area contributed by atoms with Crippen LogP contribution in [0, 0.1) is 0 Å². The van der Waals surface area contributed by atoms with E-state index in [9.17, 15) is 9.59 Å². The highest BCUT2D eigenvalue weighted by atomic mass is 16.5. The van der Waals surface area contributed by atoms with Gasteiger partial charge in [0.25, 0.3) is 11.8 Å². The van der Waals surface area contributed by atoms with Crippen molar-refractivity contribution in [3.8, 4) is 5.75 Å². The number of benzene rings is 2. The third-order valence-corrected chi connectivity index (χ3v) is 5.59. The zero-order chi connectivity index (χ0) is 23.8. The molecule has 0 aliphatic heterocycles. The van der Waals surface area contributed by atoms with Gasteiger partial charge in [-0.25, -0.2) is 0 Å². The van der Waals surface area contributed by atoms with E-state index >= 15 is 0 Å². The minimum absolute atomic E-state index is 0.0989. The molecule has 2 amide bonds. The van der Waals surface area contributed by atoms with E-state index in [-0.39, 0.29) is 18.8 Å². The molecule has 34 heavy (non-hydrogen) atoms. The van der Waals surface area contributed by atoms with E-state index < -0.39 is 11.8 Å². The maximum atomic E-state index is 12.8. The molecule has 1 aliphatic carbocycles. The van der Waals surface area contributed by atoms with Gasteiger partial charge in [0.1, 0.15) is 18.1 Å². The molecular formula is C27H29N3O4. The average molecular weight is 460 g/mol. The first-order valence-electron chi connectivity index (χ1n) is 11.5. The summed E-state index contributed by atoms with van der Waals surface area (Å²) in [5.41, 5.74) is 2.63. The molecule has 0 bridgehead atoms. The standard InChI is InChI=1S/C27H29N3O4/c31-17-13-28-27(33)25(19-20-3-5-21(6-4-20)22-7-8-22)29-26(32)23-9-11-24(12-10-23)34-18-16-30-14-1-2-15-30/h1-6,9-12,14-15,19,22,31H,7-8,13,16-18H2,(H,28,33)(H,29,32). The molecule has 0 atom stereocenters. The number of amides is 2. The summed E-state index contributed by atoms with van der Waals surface area (Å²) in [6.07, 6.45) is 8.02. The second kappa shape index (κ2) is 11.3. The van der Waals surface area contributed by atoms with Crippen LogP contribution in [-0.4, -0.2) is 41.2 Å². The van der Waals surface area contributed by atoms with Gasteiger partial charge in [0.15, 0.2) is 0 Å². The molecule has 0 unspecified atom stereocenters. The van der Waals surface area contributed by atoms with Gasteiger partial charge >= 0.3 is 0 Å². The Morgan fingerprint density at radius 3 is 2.38 bits per heavy atom. The molecule has 2 aromatic carbocycles. The van der Waals surface area contributed by atoms with E-state index in [1.165, 1.54) is 18.4 Å².